The van der Waals surface area contributed by atoms with Crippen molar-refractivity contribution < 1.29 is 9.53 Å². The fourth-order valence-corrected chi connectivity index (χ4v) is 2.93. The Morgan fingerprint density at radius 3 is 2.63 bits per heavy atom. The lowest BCUT2D eigenvalue weighted by Crippen LogP contribution is -2.35. The van der Waals surface area contributed by atoms with Gasteiger partial charge in [0.2, 0.25) is 0 Å². The Hall–Kier alpha value is -0.570. The molecule has 0 unspecified atom stereocenters. The smallest absolute Gasteiger partial charge is 0.305 e. The van der Waals surface area contributed by atoms with Gasteiger partial charge in [-0.05, 0) is 52.0 Å². The summed E-state index contributed by atoms with van der Waals surface area (Å²) in [4.78, 5) is 11.2. The molecule has 0 bridgehead atoms. The predicted molar refractivity (Wildman–Crippen MR) is 79.1 cm³/mol. The van der Waals surface area contributed by atoms with Gasteiger partial charge in [-0.2, -0.15) is 0 Å². The van der Waals surface area contributed by atoms with Crippen LogP contribution in [0.5, 0.6) is 0 Å². The Labute approximate surface area is 118 Å². The van der Waals surface area contributed by atoms with Crippen molar-refractivity contribution in [3.05, 3.63) is 0 Å². The van der Waals surface area contributed by atoms with Crippen molar-refractivity contribution in [2.75, 3.05) is 13.2 Å². The normalized spacial score (nSPS) is 18.2. The summed E-state index contributed by atoms with van der Waals surface area (Å²) < 4.78 is 4.91. The number of rotatable bonds is 9. The molecule has 0 heterocycles. The van der Waals surface area contributed by atoms with Crippen LogP contribution in [0.15, 0.2) is 0 Å². The van der Waals surface area contributed by atoms with E-state index >= 15 is 0 Å². The summed E-state index contributed by atoms with van der Waals surface area (Å²) in [6.07, 6.45) is 10.9. The van der Waals surface area contributed by atoms with Crippen molar-refractivity contribution in [1.29, 1.82) is 0 Å². The third-order valence-corrected chi connectivity index (χ3v) is 4.19. The first kappa shape index (κ1) is 16.5. The van der Waals surface area contributed by atoms with Gasteiger partial charge in [-0.25, -0.2) is 0 Å². The van der Waals surface area contributed by atoms with Crippen molar-refractivity contribution in [1.82, 2.24) is 5.32 Å². The fourth-order valence-electron chi connectivity index (χ4n) is 2.93. The molecule has 0 amide bonds. The van der Waals surface area contributed by atoms with E-state index < -0.39 is 0 Å². The molecule has 1 fully saturated rings. The van der Waals surface area contributed by atoms with Gasteiger partial charge in [0.05, 0.1) is 6.61 Å². The minimum absolute atomic E-state index is 0.0500. The van der Waals surface area contributed by atoms with E-state index in [4.69, 9.17) is 4.74 Å². The molecule has 1 aliphatic carbocycles. The van der Waals surface area contributed by atoms with E-state index in [0.717, 1.165) is 31.7 Å². The number of esters is 1. The Balaban J connectivity index is 1.93. The molecule has 1 rings (SSSR count). The highest BCUT2D eigenvalue weighted by Crippen LogP contribution is 2.26. The molecule has 0 aromatic heterocycles. The largest absolute Gasteiger partial charge is 0.466 e. The molecule has 112 valence electrons. The van der Waals surface area contributed by atoms with E-state index in [0.29, 0.717) is 19.1 Å². The molecule has 1 atom stereocenters. The highest BCUT2D eigenvalue weighted by molar-refractivity contribution is 5.69. The first-order valence-electron chi connectivity index (χ1n) is 8.13. The van der Waals surface area contributed by atoms with Crippen molar-refractivity contribution in [3.8, 4) is 0 Å². The van der Waals surface area contributed by atoms with Gasteiger partial charge < -0.3 is 10.1 Å². The van der Waals surface area contributed by atoms with Crippen LogP contribution in [0.3, 0.4) is 0 Å². The van der Waals surface area contributed by atoms with Gasteiger partial charge in [-0.3, -0.25) is 4.79 Å². The van der Waals surface area contributed by atoms with E-state index in [2.05, 4.69) is 12.2 Å². The number of unbranched alkanes of at least 4 members (excludes halogenated alkanes) is 2. The van der Waals surface area contributed by atoms with Crippen LogP contribution in [0, 0.1) is 5.92 Å². The van der Waals surface area contributed by atoms with E-state index in [9.17, 15) is 4.79 Å². The molecule has 0 radical (unpaired) electrons. The van der Waals surface area contributed by atoms with Gasteiger partial charge in [-0.1, -0.05) is 25.7 Å². The van der Waals surface area contributed by atoms with E-state index in [1.807, 2.05) is 6.92 Å². The molecule has 0 aromatic carbocycles. The summed E-state index contributed by atoms with van der Waals surface area (Å²) in [6, 6.07) is 0.658. The average Bonchev–Trinajstić information content (AvgIpc) is 2.43. The minimum atomic E-state index is -0.0500. The average molecular weight is 269 g/mol. The van der Waals surface area contributed by atoms with Crippen molar-refractivity contribution in [3.63, 3.8) is 0 Å². The predicted octanol–water partition coefficient (Wildman–Crippen LogP) is 3.67. The van der Waals surface area contributed by atoms with Gasteiger partial charge in [-0.15, -0.1) is 0 Å². The maximum absolute atomic E-state index is 11.2. The number of carbonyl (C=O) groups is 1. The summed E-state index contributed by atoms with van der Waals surface area (Å²) in [5.74, 6) is 0.833. The van der Waals surface area contributed by atoms with Crippen LogP contribution in [0.25, 0.3) is 0 Å². The summed E-state index contributed by atoms with van der Waals surface area (Å²) in [5, 5.41) is 3.65. The van der Waals surface area contributed by atoms with Crippen LogP contribution in [0.4, 0.5) is 0 Å². The molecule has 3 heteroatoms. The highest BCUT2D eigenvalue weighted by Gasteiger charge is 2.18. The van der Waals surface area contributed by atoms with Gasteiger partial charge in [0.15, 0.2) is 0 Å². The monoisotopic (exact) mass is 269 g/mol. The third-order valence-electron chi connectivity index (χ3n) is 4.19. The molecule has 1 N–H and O–H groups in total. The zero-order valence-corrected chi connectivity index (χ0v) is 12.7. The molecule has 0 aromatic rings. The molecular weight excluding hydrogens is 238 g/mol. The number of hydrogen-bond acceptors (Lipinski definition) is 3. The van der Waals surface area contributed by atoms with Crippen LogP contribution < -0.4 is 5.32 Å². The molecule has 0 aliphatic heterocycles. The number of ether oxygens (including phenoxy) is 1. The number of carbonyl (C=O) groups excluding carboxylic acids is 1. The topological polar surface area (TPSA) is 38.3 Å². The van der Waals surface area contributed by atoms with Crippen molar-refractivity contribution in [2.45, 2.75) is 77.7 Å². The lowest BCUT2D eigenvalue weighted by atomic mass is 9.84. The quantitative estimate of drug-likeness (QED) is 0.513. The van der Waals surface area contributed by atoms with Gasteiger partial charge in [0.25, 0.3) is 0 Å². The molecule has 1 saturated carbocycles. The van der Waals surface area contributed by atoms with Crippen LogP contribution in [-0.4, -0.2) is 25.2 Å². The van der Waals surface area contributed by atoms with E-state index in [1.54, 1.807) is 0 Å². The van der Waals surface area contributed by atoms with Crippen LogP contribution in [0.2, 0.25) is 0 Å². The molecular formula is C16H31NO2. The Morgan fingerprint density at radius 1 is 1.21 bits per heavy atom. The highest BCUT2D eigenvalue weighted by atomic mass is 16.5. The summed E-state index contributed by atoms with van der Waals surface area (Å²) in [5.41, 5.74) is 0. The summed E-state index contributed by atoms with van der Waals surface area (Å²) >= 11 is 0. The maximum atomic E-state index is 11.2. The first-order chi connectivity index (χ1) is 9.24. The first-order valence-corrected chi connectivity index (χ1v) is 8.13. The van der Waals surface area contributed by atoms with Gasteiger partial charge >= 0.3 is 5.97 Å². The standard InChI is InChI=1S/C16H31NO2/c1-3-19-16(18)12-8-5-9-13-17-14(2)15-10-6-4-7-11-15/h14-15,17H,3-13H2,1-2H3/t14-/m0/s1. The Morgan fingerprint density at radius 2 is 1.95 bits per heavy atom. The summed E-state index contributed by atoms with van der Waals surface area (Å²) in [7, 11) is 0. The number of nitrogens with one attached hydrogen (secondary N) is 1. The molecule has 1 aliphatic rings. The zero-order chi connectivity index (χ0) is 13.9. The van der Waals surface area contributed by atoms with Crippen molar-refractivity contribution in [2.24, 2.45) is 5.92 Å². The maximum Gasteiger partial charge on any atom is 0.305 e. The Kier molecular flexibility index (Phi) is 8.89. The SMILES string of the molecule is CCOC(=O)CCCCCN[C@@H](C)C1CCCCC1. The van der Waals surface area contributed by atoms with Crippen LogP contribution >= 0.6 is 0 Å². The van der Waals surface area contributed by atoms with Gasteiger partial charge in [0, 0.05) is 12.5 Å². The Bertz CT molecular complexity index is 237. The second-order valence-corrected chi connectivity index (χ2v) is 5.76. The van der Waals surface area contributed by atoms with Crippen molar-refractivity contribution >= 4 is 5.97 Å². The van der Waals surface area contributed by atoms with Crippen LogP contribution in [-0.2, 0) is 9.53 Å². The van der Waals surface area contributed by atoms with Crippen LogP contribution in [0.1, 0.15) is 71.6 Å². The molecule has 3 nitrogen and oxygen atoms in total. The third kappa shape index (κ3) is 7.56. The van der Waals surface area contributed by atoms with Gasteiger partial charge in [0.1, 0.15) is 0 Å². The lowest BCUT2D eigenvalue weighted by molar-refractivity contribution is -0.143. The zero-order valence-electron chi connectivity index (χ0n) is 12.7. The number of hydrogen-bond donors (Lipinski definition) is 1. The molecule has 0 spiro atoms. The summed E-state index contributed by atoms with van der Waals surface area (Å²) in [6.45, 7) is 5.77. The van der Waals surface area contributed by atoms with E-state index in [-0.39, 0.29) is 5.97 Å². The van der Waals surface area contributed by atoms with E-state index in [1.165, 1.54) is 32.1 Å². The minimum Gasteiger partial charge on any atom is -0.466 e. The second-order valence-electron chi connectivity index (χ2n) is 5.76. The molecule has 19 heavy (non-hydrogen) atoms. The fraction of sp³-hybridized carbons (Fsp3) is 0.938. The molecule has 0 saturated heterocycles. The lowest BCUT2D eigenvalue weighted by Gasteiger charge is -2.28. The second kappa shape index (κ2) is 10.2.